The van der Waals surface area contributed by atoms with Crippen molar-refractivity contribution in [3.05, 3.63) is 34.9 Å². The number of methoxy groups -OCH3 is 1. The van der Waals surface area contributed by atoms with E-state index >= 15 is 0 Å². The lowest BCUT2D eigenvalue weighted by atomic mass is 9.88. The van der Waals surface area contributed by atoms with Gasteiger partial charge in [0.2, 0.25) is 0 Å². The van der Waals surface area contributed by atoms with Crippen molar-refractivity contribution in [1.82, 2.24) is 0 Å². The minimum atomic E-state index is -0.954. The lowest BCUT2D eigenvalue weighted by Gasteiger charge is -2.35. The average Bonchev–Trinajstić information content (AvgIpc) is 2.79. The molecule has 2 aliphatic rings. The normalized spacial score (nSPS) is 29.5. The van der Waals surface area contributed by atoms with Gasteiger partial charge in [0, 0.05) is 18.1 Å². The first-order valence-corrected chi connectivity index (χ1v) is 10.2. The molecule has 0 aliphatic carbocycles. The lowest BCUT2D eigenvalue weighted by molar-refractivity contribution is -0.181. The van der Waals surface area contributed by atoms with Gasteiger partial charge < -0.3 is 14.2 Å². The molecule has 2 heterocycles. The summed E-state index contributed by atoms with van der Waals surface area (Å²) in [4.78, 5) is 36.8. The van der Waals surface area contributed by atoms with E-state index in [-0.39, 0.29) is 11.9 Å². The molecule has 0 amide bonds. The van der Waals surface area contributed by atoms with Gasteiger partial charge in [-0.15, -0.1) is 0 Å². The summed E-state index contributed by atoms with van der Waals surface area (Å²) in [6.45, 7) is 7.31. The average molecular weight is 405 g/mol. The molecular weight excluding hydrogens is 372 g/mol. The Morgan fingerprint density at radius 1 is 1.21 bits per heavy atom. The van der Waals surface area contributed by atoms with E-state index < -0.39 is 23.6 Å². The van der Waals surface area contributed by atoms with Crippen LogP contribution in [0.25, 0.3) is 0 Å². The van der Waals surface area contributed by atoms with Gasteiger partial charge in [-0.2, -0.15) is 0 Å². The predicted octanol–water partition coefficient (Wildman–Crippen LogP) is 4.20. The monoisotopic (exact) mass is 404 g/mol. The fraction of sp³-hybridized carbons (Fsp3) is 0.609. The van der Waals surface area contributed by atoms with Gasteiger partial charge in [-0.3, -0.25) is 4.79 Å². The van der Waals surface area contributed by atoms with Crippen LogP contribution in [-0.2, 0) is 28.6 Å². The number of ether oxygens (including phenoxy) is 3. The Kier molecular flexibility index (Phi) is 7.82. The second kappa shape index (κ2) is 9.90. The molecule has 6 nitrogen and oxygen atoms in total. The third-order valence-corrected chi connectivity index (χ3v) is 5.66. The van der Waals surface area contributed by atoms with Crippen molar-refractivity contribution >= 4 is 17.9 Å². The Hall–Kier alpha value is -2.37. The smallest absolute Gasteiger partial charge is 0.334 e. The molecule has 0 spiro atoms. The summed E-state index contributed by atoms with van der Waals surface area (Å²) in [6, 6.07) is 0. The molecule has 2 aliphatic heterocycles. The molecule has 0 fully saturated rings. The molecule has 0 saturated carbocycles. The molecule has 0 radical (unpaired) electrons. The first kappa shape index (κ1) is 22.9. The van der Waals surface area contributed by atoms with Crippen LogP contribution in [0.5, 0.6) is 0 Å². The third kappa shape index (κ3) is 6.05. The number of carbonyl (C=O) groups is 3. The number of esters is 3. The number of rotatable bonds is 3. The maximum atomic E-state index is 12.8. The summed E-state index contributed by atoms with van der Waals surface area (Å²) in [5.74, 6) is -0.936. The first-order chi connectivity index (χ1) is 13.7. The van der Waals surface area contributed by atoms with Crippen molar-refractivity contribution in [2.45, 2.75) is 77.9 Å². The molecule has 0 saturated heterocycles. The molecule has 0 aromatic rings. The Bertz CT molecular complexity index is 742. The molecule has 0 unspecified atom stereocenters. The van der Waals surface area contributed by atoms with E-state index in [0.29, 0.717) is 49.7 Å². The topological polar surface area (TPSA) is 78.9 Å². The Morgan fingerprint density at radius 2 is 1.93 bits per heavy atom. The molecule has 29 heavy (non-hydrogen) atoms. The minimum absolute atomic E-state index is 0.275. The van der Waals surface area contributed by atoms with Gasteiger partial charge in [0.1, 0.15) is 11.7 Å². The van der Waals surface area contributed by atoms with Crippen LogP contribution in [0.1, 0.15) is 66.2 Å². The van der Waals surface area contributed by atoms with Gasteiger partial charge >= 0.3 is 17.9 Å². The highest BCUT2D eigenvalue weighted by Gasteiger charge is 2.42. The Balaban J connectivity index is 2.48. The quantitative estimate of drug-likeness (QED) is 0.518. The van der Waals surface area contributed by atoms with Crippen molar-refractivity contribution in [3.63, 3.8) is 0 Å². The third-order valence-electron chi connectivity index (χ3n) is 5.66. The minimum Gasteiger partial charge on any atom is -0.466 e. The number of carbonyl (C=O) groups excluding carboxylic acids is 3. The van der Waals surface area contributed by atoms with Crippen LogP contribution in [0.3, 0.4) is 0 Å². The van der Waals surface area contributed by atoms with Gasteiger partial charge in [-0.25, -0.2) is 9.59 Å². The second-order valence-corrected chi connectivity index (χ2v) is 8.19. The predicted molar refractivity (Wildman–Crippen MR) is 109 cm³/mol. The Labute approximate surface area is 173 Å². The van der Waals surface area contributed by atoms with Crippen LogP contribution in [-0.4, -0.2) is 36.7 Å². The van der Waals surface area contributed by atoms with Crippen LogP contribution >= 0.6 is 0 Å². The maximum Gasteiger partial charge on any atom is 0.334 e. The number of hydrogen-bond donors (Lipinski definition) is 0. The van der Waals surface area contributed by atoms with Crippen LogP contribution < -0.4 is 0 Å². The fourth-order valence-electron chi connectivity index (χ4n) is 3.79. The van der Waals surface area contributed by atoms with E-state index in [2.05, 4.69) is 13.8 Å². The van der Waals surface area contributed by atoms with Gasteiger partial charge in [0.15, 0.2) is 0 Å². The van der Waals surface area contributed by atoms with Gasteiger partial charge in [0.05, 0.1) is 7.11 Å². The maximum absolute atomic E-state index is 12.8. The SMILES string of the molecule is COC(=O)/C1=C/C=C(\C(C)C)CCC2=CCC[C@@](C)(OC2=O)[C@H](OC(C)=O)CC1. The summed E-state index contributed by atoms with van der Waals surface area (Å²) in [6.07, 6.45) is 8.20. The van der Waals surface area contributed by atoms with Crippen molar-refractivity contribution in [2.75, 3.05) is 7.11 Å². The van der Waals surface area contributed by atoms with E-state index in [1.165, 1.54) is 14.0 Å². The zero-order valence-electron chi connectivity index (χ0n) is 18.1. The molecule has 2 rings (SSSR count). The second-order valence-electron chi connectivity index (χ2n) is 8.19. The van der Waals surface area contributed by atoms with Crippen LogP contribution in [0.2, 0.25) is 0 Å². The zero-order chi connectivity index (χ0) is 21.6. The highest BCUT2D eigenvalue weighted by atomic mass is 16.6. The van der Waals surface area contributed by atoms with Gasteiger partial charge in [-0.05, 0) is 51.4 Å². The van der Waals surface area contributed by atoms with E-state index in [0.717, 1.165) is 5.57 Å². The van der Waals surface area contributed by atoms with E-state index in [4.69, 9.17) is 14.2 Å². The van der Waals surface area contributed by atoms with Crippen molar-refractivity contribution < 1.29 is 28.6 Å². The number of fused-ring (bicyclic) bond motifs is 3. The zero-order valence-corrected chi connectivity index (χ0v) is 18.1. The summed E-state index contributed by atoms with van der Waals surface area (Å²) in [5.41, 5.74) is 1.34. The summed E-state index contributed by atoms with van der Waals surface area (Å²) < 4.78 is 16.4. The van der Waals surface area contributed by atoms with Crippen LogP contribution in [0.4, 0.5) is 0 Å². The van der Waals surface area contributed by atoms with Gasteiger partial charge in [0.25, 0.3) is 0 Å². The highest BCUT2D eigenvalue weighted by molar-refractivity contribution is 5.89. The highest BCUT2D eigenvalue weighted by Crippen LogP contribution is 2.34. The van der Waals surface area contributed by atoms with E-state index in [1.54, 1.807) is 13.0 Å². The summed E-state index contributed by atoms with van der Waals surface area (Å²) in [5, 5.41) is 0. The molecule has 6 heteroatoms. The molecule has 0 aromatic carbocycles. The largest absolute Gasteiger partial charge is 0.466 e. The molecular formula is C23H32O6. The summed E-state index contributed by atoms with van der Waals surface area (Å²) in [7, 11) is 1.35. The number of allylic oxidation sites excluding steroid dienone is 4. The molecule has 0 N–H and O–H groups in total. The standard InChI is InChI=1S/C23H32O6/c1-15(2)17-8-10-18-7-6-14-23(4,29-22(18)26)20(28-16(3)24)13-12-19(11-9-17)21(25)27-5/h7,9,11,15,20H,6,8,10,12-14H2,1-5H3/b17-9-,19-11+/t20-,23-/m1/s1. The van der Waals surface area contributed by atoms with E-state index in [9.17, 15) is 14.4 Å². The molecule has 2 bridgehead atoms. The van der Waals surface area contributed by atoms with Crippen LogP contribution in [0, 0.1) is 5.92 Å². The van der Waals surface area contributed by atoms with Crippen molar-refractivity contribution in [1.29, 1.82) is 0 Å². The summed E-state index contributed by atoms with van der Waals surface area (Å²) >= 11 is 0. The fourth-order valence-corrected chi connectivity index (χ4v) is 3.79. The Morgan fingerprint density at radius 3 is 2.55 bits per heavy atom. The number of hydrogen-bond acceptors (Lipinski definition) is 6. The van der Waals surface area contributed by atoms with E-state index in [1.807, 2.05) is 12.2 Å². The first-order valence-electron chi connectivity index (χ1n) is 10.2. The molecule has 2 atom stereocenters. The van der Waals surface area contributed by atoms with Gasteiger partial charge in [-0.1, -0.05) is 37.6 Å². The molecule has 0 aromatic heterocycles. The van der Waals surface area contributed by atoms with Crippen LogP contribution in [0.15, 0.2) is 34.9 Å². The molecule has 160 valence electrons. The van der Waals surface area contributed by atoms with Crippen molar-refractivity contribution in [2.24, 2.45) is 5.92 Å². The van der Waals surface area contributed by atoms with Crippen molar-refractivity contribution in [3.8, 4) is 0 Å². The lowest BCUT2D eigenvalue weighted by Crippen LogP contribution is -2.45.